The van der Waals surface area contributed by atoms with Crippen LogP contribution >= 0.6 is 0 Å². The lowest BCUT2D eigenvalue weighted by Gasteiger charge is -2.20. The summed E-state index contributed by atoms with van der Waals surface area (Å²) < 4.78 is 10.3. The Bertz CT molecular complexity index is 431. The highest BCUT2D eigenvalue weighted by Crippen LogP contribution is 2.19. The summed E-state index contributed by atoms with van der Waals surface area (Å²) in [5, 5.41) is 3.30. The fourth-order valence-corrected chi connectivity index (χ4v) is 2.24. The van der Waals surface area contributed by atoms with E-state index in [1.807, 2.05) is 19.1 Å². The molecule has 98 valence electrons. The van der Waals surface area contributed by atoms with Crippen LogP contribution in [0.2, 0.25) is 0 Å². The van der Waals surface area contributed by atoms with Gasteiger partial charge in [0.05, 0.1) is 12.2 Å². The largest absolute Gasteiger partial charge is 0.457 e. The van der Waals surface area contributed by atoms with Gasteiger partial charge in [0.15, 0.2) is 0 Å². The van der Waals surface area contributed by atoms with Crippen molar-refractivity contribution in [3.8, 4) is 0 Å². The zero-order valence-corrected chi connectivity index (χ0v) is 10.9. The molecule has 1 aliphatic rings. The first-order chi connectivity index (χ1) is 8.72. The summed E-state index contributed by atoms with van der Waals surface area (Å²) in [6.45, 7) is 3.98. The van der Waals surface area contributed by atoms with Gasteiger partial charge in [0.25, 0.3) is 0 Å². The molecule has 1 heterocycles. The quantitative estimate of drug-likeness (QED) is 0.822. The molecule has 1 atom stereocenters. The lowest BCUT2D eigenvalue weighted by molar-refractivity contribution is 0.0119. The smallest absolute Gasteiger partial charge is 0.338 e. The van der Waals surface area contributed by atoms with E-state index in [2.05, 4.69) is 11.4 Å². The standard InChI is InChI=1S/C14H19NO3/c1-10(9-17-2)18-14(16)13-5-3-4-11-8-15-7-6-12(11)13/h3-5,10,15H,6-9H2,1-2H3. The van der Waals surface area contributed by atoms with Crippen molar-refractivity contribution >= 4 is 5.97 Å². The van der Waals surface area contributed by atoms with Gasteiger partial charge in [-0.1, -0.05) is 12.1 Å². The molecule has 0 bridgehead atoms. The average molecular weight is 249 g/mol. The lowest BCUT2D eigenvalue weighted by Crippen LogP contribution is -2.27. The summed E-state index contributed by atoms with van der Waals surface area (Å²) in [5.74, 6) is -0.252. The molecule has 0 saturated carbocycles. The van der Waals surface area contributed by atoms with Crippen LogP contribution in [0.1, 0.15) is 28.4 Å². The first kappa shape index (κ1) is 13.1. The van der Waals surface area contributed by atoms with Gasteiger partial charge in [-0.15, -0.1) is 0 Å². The van der Waals surface area contributed by atoms with Gasteiger partial charge in [0, 0.05) is 13.7 Å². The van der Waals surface area contributed by atoms with Gasteiger partial charge in [0.1, 0.15) is 6.10 Å². The number of fused-ring (bicyclic) bond motifs is 1. The van der Waals surface area contributed by atoms with Crippen LogP contribution < -0.4 is 5.32 Å². The van der Waals surface area contributed by atoms with Crippen molar-refractivity contribution < 1.29 is 14.3 Å². The molecule has 4 heteroatoms. The highest BCUT2D eigenvalue weighted by atomic mass is 16.6. The van der Waals surface area contributed by atoms with E-state index in [1.165, 1.54) is 5.56 Å². The number of ether oxygens (including phenoxy) is 2. The van der Waals surface area contributed by atoms with Crippen molar-refractivity contribution in [3.05, 3.63) is 34.9 Å². The molecule has 1 unspecified atom stereocenters. The molecule has 2 rings (SSSR count). The zero-order valence-electron chi connectivity index (χ0n) is 10.9. The summed E-state index contributed by atoms with van der Waals surface area (Å²) in [7, 11) is 1.60. The normalized spacial score (nSPS) is 15.9. The molecule has 1 aliphatic heterocycles. The van der Waals surface area contributed by atoms with Gasteiger partial charge in [-0.25, -0.2) is 4.79 Å². The second-order valence-corrected chi connectivity index (χ2v) is 4.54. The average Bonchev–Trinajstić information content (AvgIpc) is 2.38. The molecule has 1 aromatic rings. The van der Waals surface area contributed by atoms with E-state index in [9.17, 15) is 4.79 Å². The molecule has 0 fully saturated rings. The molecular weight excluding hydrogens is 230 g/mol. The van der Waals surface area contributed by atoms with Crippen LogP contribution in [0.5, 0.6) is 0 Å². The van der Waals surface area contributed by atoms with Crippen LogP contribution in [-0.2, 0) is 22.4 Å². The number of esters is 1. The Balaban J connectivity index is 2.15. The maximum Gasteiger partial charge on any atom is 0.338 e. The third-order valence-corrected chi connectivity index (χ3v) is 3.07. The highest BCUT2D eigenvalue weighted by Gasteiger charge is 2.19. The number of carbonyl (C=O) groups excluding carboxylic acids is 1. The number of benzene rings is 1. The van der Waals surface area contributed by atoms with Crippen molar-refractivity contribution in [1.82, 2.24) is 5.32 Å². The number of hydrogen-bond acceptors (Lipinski definition) is 4. The zero-order chi connectivity index (χ0) is 13.0. The monoisotopic (exact) mass is 249 g/mol. The summed E-state index contributed by atoms with van der Waals surface area (Å²) in [6.07, 6.45) is 0.652. The minimum absolute atomic E-state index is 0.222. The number of hydrogen-bond donors (Lipinski definition) is 1. The van der Waals surface area contributed by atoms with E-state index in [4.69, 9.17) is 9.47 Å². The molecule has 0 radical (unpaired) electrons. The van der Waals surface area contributed by atoms with Gasteiger partial charge in [-0.3, -0.25) is 0 Å². The fraction of sp³-hybridized carbons (Fsp3) is 0.500. The fourth-order valence-electron chi connectivity index (χ4n) is 2.24. The van der Waals surface area contributed by atoms with E-state index < -0.39 is 0 Å². The molecule has 0 spiro atoms. The molecule has 0 aromatic heterocycles. The predicted octanol–water partition coefficient (Wildman–Crippen LogP) is 1.52. The second-order valence-electron chi connectivity index (χ2n) is 4.54. The summed E-state index contributed by atoms with van der Waals surface area (Å²) >= 11 is 0. The van der Waals surface area contributed by atoms with Crippen LogP contribution in [0.25, 0.3) is 0 Å². The van der Waals surface area contributed by atoms with Crippen LogP contribution in [0, 0.1) is 0 Å². The van der Waals surface area contributed by atoms with Crippen molar-refractivity contribution in [2.75, 3.05) is 20.3 Å². The molecule has 4 nitrogen and oxygen atoms in total. The van der Waals surface area contributed by atoms with E-state index in [0.717, 1.165) is 25.1 Å². The van der Waals surface area contributed by atoms with Crippen LogP contribution in [0.3, 0.4) is 0 Å². The molecular formula is C14H19NO3. The molecule has 0 saturated heterocycles. The third-order valence-electron chi connectivity index (χ3n) is 3.07. The molecule has 0 aliphatic carbocycles. The first-order valence-electron chi connectivity index (χ1n) is 6.23. The predicted molar refractivity (Wildman–Crippen MR) is 68.6 cm³/mol. The Labute approximate surface area is 107 Å². The second kappa shape index (κ2) is 5.98. The van der Waals surface area contributed by atoms with E-state index in [1.54, 1.807) is 7.11 Å². The number of rotatable bonds is 4. The minimum Gasteiger partial charge on any atom is -0.457 e. The van der Waals surface area contributed by atoms with Gasteiger partial charge in [-0.2, -0.15) is 0 Å². The minimum atomic E-state index is -0.252. The van der Waals surface area contributed by atoms with Crippen molar-refractivity contribution in [2.24, 2.45) is 0 Å². The first-order valence-corrected chi connectivity index (χ1v) is 6.23. The van der Waals surface area contributed by atoms with E-state index in [-0.39, 0.29) is 12.1 Å². The molecule has 1 aromatic carbocycles. The van der Waals surface area contributed by atoms with Crippen LogP contribution in [0.4, 0.5) is 0 Å². The summed E-state index contributed by atoms with van der Waals surface area (Å²) in [6, 6.07) is 5.80. The molecule has 1 N–H and O–H groups in total. The van der Waals surface area contributed by atoms with Gasteiger partial charge >= 0.3 is 5.97 Å². The van der Waals surface area contributed by atoms with Crippen molar-refractivity contribution in [1.29, 1.82) is 0 Å². The topological polar surface area (TPSA) is 47.6 Å². The number of methoxy groups -OCH3 is 1. The van der Waals surface area contributed by atoms with Gasteiger partial charge < -0.3 is 14.8 Å². The maximum atomic E-state index is 12.1. The summed E-state index contributed by atoms with van der Waals surface area (Å²) in [4.78, 5) is 12.1. The number of nitrogens with one attached hydrogen (secondary N) is 1. The third kappa shape index (κ3) is 2.89. The SMILES string of the molecule is COCC(C)OC(=O)c1cccc2c1CCNC2. The lowest BCUT2D eigenvalue weighted by atomic mass is 9.95. The van der Waals surface area contributed by atoms with Gasteiger partial charge in [-0.05, 0) is 37.1 Å². The van der Waals surface area contributed by atoms with Crippen molar-refractivity contribution in [3.63, 3.8) is 0 Å². The molecule has 0 amide bonds. The number of carbonyl (C=O) groups is 1. The Morgan fingerprint density at radius 3 is 3.11 bits per heavy atom. The summed E-state index contributed by atoms with van der Waals surface area (Å²) in [5.41, 5.74) is 3.00. The van der Waals surface area contributed by atoms with E-state index >= 15 is 0 Å². The van der Waals surface area contributed by atoms with Gasteiger partial charge in [0.2, 0.25) is 0 Å². The Morgan fingerprint density at radius 2 is 2.33 bits per heavy atom. The van der Waals surface area contributed by atoms with E-state index in [0.29, 0.717) is 12.2 Å². The highest BCUT2D eigenvalue weighted by molar-refractivity contribution is 5.91. The Morgan fingerprint density at radius 1 is 1.50 bits per heavy atom. The van der Waals surface area contributed by atoms with Crippen molar-refractivity contribution in [2.45, 2.75) is 26.0 Å². The van der Waals surface area contributed by atoms with Crippen LogP contribution in [-0.4, -0.2) is 32.3 Å². The Hall–Kier alpha value is -1.39. The van der Waals surface area contributed by atoms with Crippen LogP contribution in [0.15, 0.2) is 18.2 Å². The molecule has 18 heavy (non-hydrogen) atoms. The maximum absolute atomic E-state index is 12.1. The Kier molecular flexibility index (Phi) is 4.33.